The number of hydrogen-bond acceptors (Lipinski definition) is 4. The fraction of sp³-hybridized carbons (Fsp3) is 0.760. The van der Waals surface area contributed by atoms with Crippen LogP contribution in [-0.2, 0) is 23.0 Å². The van der Waals surface area contributed by atoms with Crippen molar-refractivity contribution in [1.29, 1.82) is 0 Å². The molecule has 0 saturated carbocycles. The van der Waals surface area contributed by atoms with Crippen LogP contribution in [0.5, 0.6) is 5.75 Å². The van der Waals surface area contributed by atoms with Crippen molar-refractivity contribution in [3.8, 4) is 5.75 Å². The Labute approximate surface area is 214 Å². The van der Waals surface area contributed by atoms with Crippen LogP contribution in [0.1, 0.15) is 115 Å². The van der Waals surface area contributed by atoms with Crippen molar-refractivity contribution >= 4 is 10.1 Å². The number of hydrogen-bond donors (Lipinski definition) is 0. The molecule has 1 rings (SSSR count). The van der Waals surface area contributed by atoms with Gasteiger partial charge in [0, 0.05) is 0 Å². The normalized spacial score (nSPS) is 12.4. The maximum atomic E-state index is 11.5. The second kappa shape index (κ2) is 18.4. The van der Waals surface area contributed by atoms with Crippen molar-refractivity contribution in [3.63, 3.8) is 0 Å². The minimum absolute atomic E-state index is 0. The molecule has 6 heteroatoms. The van der Waals surface area contributed by atoms with E-state index in [2.05, 4.69) is 19.9 Å². The molecule has 0 aliphatic heterocycles. The van der Waals surface area contributed by atoms with E-state index in [-0.39, 0.29) is 36.0 Å². The SMILES string of the molecule is CCCCCCCCc1ccc(OC(CC)S(=O)(=O)[O-])c(CCCCCCCC)c1.[Na+]. The van der Waals surface area contributed by atoms with E-state index >= 15 is 0 Å². The molecule has 4 nitrogen and oxygen atoms in total. The van der Waals surface area contributed by atoms with Crippen molar-refractivity contribution in [1.82, 2.24) is 0 Å². The van der Waals surface area contributed by atoms with Gasteiger partial charge in [0.25, 0.3) is 0 Å². The summed E-state index contributed by atoms with van der Waals surface area (Å²) in [6.45, 7) is 6.11. The van der Waals surface area contributed by atoms with Crippen molar-refractivity contribution < 1.29 is 47.3 Å². The monoisotopic (exact) mass is 462 g/mol. The molecule has 1 atom stereocenters. The van der Waals surface area contributed by atoms with Gasteiger partial charge in [0.1, 0.15) is 15.9 Å². The summed E-state index contributed by atoms with van der Waals surface area (Å²) in [5, 5.41) is 0. The number of rotatable bonds is 18. The van der Waals surface area contributed by atoms with E-state index in [0.717, 1.165) is 31.2 Å². The van der Waals surface area contributed by atoms with Crippen LogP contribution in [0.2, 0.25) is 0 Å². The Morgan fingerprint density at radius 2 is 1.32 bits per heavy atom. The van der Waals surface area contributed by atoms with E-state index in [1.807, 2.05) is 12.1 Å². The number of unbranched alkanes of at least 4 members (excludes halogenated alkanes) is 10. The molecule has 0 amide bonds. The first kappa shape index (κ1) is 30.9. The molecule has 1 unspecified atom stereocenters. The molecule has 0 aromatic heterocycles. The first-order valence-corrected chi connectivity index (χ1v) is 13.6. The number of benzene rings is 1. The number of aryl methyl sites for hydroxylation is 2. The first-order chi connectivity index (χ1) is 14.4. The third kappa shape index (κ3) is 13.9. The molecule has 174 valence electrons. The Kier molecular flexibility index (Phi) is 18.3. The third-order valence-corrected chi connectivity index (χ3v) is 6.73. The Balaban J connectivity index is 0.00000900. The predicted molar refractivity (Wildman–Crippen MR) is 125 cm³/mol. The van der Waals surface area contributed by atoms with Crippen LogP contribution in [0.15, 0.2) is 18.2 Å². The van der Waals surface area contributed by atoms with Crippen LogP contribution in [0.3, 0.4) is 0 Å². The molecule has 0 spiro atoms. The second-order valence-electron chi connectivity index (χ2n) is 8.43. The zero-order valence-electron chi connectivity index (χ0n) is 20.5. The van der Waals surface area contributed by atoms with Crippen LogP contribution < -0.4 is 34.3 Å². The first-order valence-electron chi connectivity index (χ1n) is 12.2. The third-order valence-electron chi connectivity index (χ3n) is 5.66. The van der Waals surface area contributed by atoms with Gasteiger partial charge in [-0.2, -0.15) is 0 Å². The Hall–Kier alpha value is -0.0700. The van der Waals surface area contributed by atoms with Gasteiger partial charge in [-0.25, -0.2) is 8.42 Å². The molecule has 0 radical (unpaired) electrons. The fourth-order valence-electron chi connectivity index (χ4n) is 3.79. The summed E-state index contributed by atoms with van der Waals surface area (Å²) in [6, 6.07) is 6.06. The largest absolute Gasteiger partial charge is 1.00 e. The Bertz CT molecular complexity index is 676. The summed E-state index contributed by atoms with van der Waals surface area (Å²) in [5.74, 6) is 0.557. The van der Waals surface area contributed by atoms with Crippen LogP contribution in [0.4, 0.5) is 0 Å². The predicted octanol–water partition coefficient (Wildman–Crippen LogP) is 4.16. The van der Waals surface area contributed by atoms with Gasteiger partial charge >= 0.3 is 29.6 Å². The fourth-order valence-corrected chi connectivity index (χ4v) is 4.42. The van der Waals surface area contributed by atoms with Gasteiger partial charge in [-0.15, -0.1) is 0 Å². The van der Waals surface area contributed by atoms with Gasteiger partial charge in [-0.05, 0) is 49.3 Å². The van der Waals surface area contributed by atoms with Gasteiger partial charge in [-0.3, -0.25) is 0 Å². The van der Waals surface area contributed by atoms with E-state index in [0.29, 0.717) is 5.75 Å². The summed E-state index contributed by atoms with van der Waals surface area (Å²) >= 11 is 0. The number of ether oxygens (including phenoxy) is 1. The van der Waals surface area contributed by atoms with Crippen LogP contribution in [0, 0.1) is 0 Å². The average molecular weight is 463 g/mol. The minimum atomic E-state index is -4.47. The average Bonchev–Trinajstić information content (AvgIpc) is 2.71. The summed E-state index contributed by atoms with van der Waals surface area (Å²) in [4.78, 5) is 0. The second-order valence-corrected chi connectivity index (χ2v) is 9.94. The van der Waals surface area contributed by atoms with Gasteiger partial charge in [0.15, 0.2) is 5.44 Å². The zero-order chi connectivity index (χ0) is 22.2. The molecule has 0 bridgehead atoms. The van der Waals surface area contributed by atoms with Crippen LogP contribution in [-0.4, -0.2) is 18.4 Å². The Morgan fingerprint density at radius 1 is 0.806 bits per heavy atom. The quantitative estimate of drug-likeness (QED) is 0.187. The standard InChI is InChI=1S/C25H44O4S.Na/c1-4-7-9-11-13-15-17-22-19-20-24(29-25(6-3)30(26,27)28)23(21-22)18-16-14-12-10-8-5-2;/h19-21,25H,4-18H2,1-3H3,(H,26,27,28);/q;+1/p-1. The molecule has 0 fully saturated rings. The van der Waals surface area contributed by atoms with Crippen molar-refractivity contribution in [2.45, 2.75) is 123 Å². The van der Waals surface area contributed by atoms with Crippen molar-refractivity contribution in [2.24, 2.45) is 0 Å². The molecule has 31 heavy (non-hydrogen) atoms. The molecule has 0 saturated heterocycles. The molecule has 0 aliphatic carbocycles. The molecule has 1 aromatic rings. The maximum Gasteiger partial charge on any atom is 1.00 e. The summed E-state index contributed by atoms with van der Waals surface area (Å²) in [7, 11) is -4.47. The van der Waals surface area contributed by atoms with Crippen LogP contribution in [0.25, 0.3) is 0 Å². The maximum absolute atomic E-state index is 11.5. The Morgan fingerprint density at radius 3 is 1.84 bits per heavy atom. The summed E-state index contributed by atoms with van der Waals surface area (Å²) in [6.07, 6.45) is 16.9. The van der Waals surface area contributed by atoms with E-state index in [1.165, 1.54) is 69.8 Å². The van der Waals surface area contributed by atoms with Gasteiger partial charge in [0.05, 0.1) is 0 Å². The minimum Gasteiger partial charge on any atom is -0.745 e. The van der Waals surface area contributed by atoms with Crippen molar-refractivity contribution in [3.05, 3.63) is 29.3 Å². The van der Waals surface area contributed by atoms with Crippen LogP contribution >= 0.6 is 0 Å². The smallest absolute Gasteiger partial charge is 0.745 e. The van der Waals surface area contributed by atoms with Gasteiger partial charge in [-0.1, -0.05) is 97.1 Å². The van der Waals surface area contributed by atoms with Gasteiger partial charge < -0.3 is 9.29 Å². The molecule has 1 aromatic carbocycles. The zero-order valence-corrected chi connectivity index (χ0v) is 23.3. The molecular formula is C25H43NaO4S. The molecule has 0 N–H and O–H groups in total. The molecular weight excluding hydrogens is 419 g/mol. The van der Waals surface area contributed by atoms with E-state index in [1.54, 1.807) is 6.92 Å². The summed E-state index contributed by atoms with van der Waals surface area (Å²) in [5.41, 5.74) is 0.998. The van der Waals surface area contributed by atoms with E-state index in [9.17, 15) is 13.0 Å². The van der Waals surface area contributed by atoms with E-state index < -0.39 is 15.6 Å². The van der Waals surface area contributed by atoms with E-state index in [4.69, 9.17) is 4.74 Å². The van der Waals surface area contributed by atoms with Crippen molar-refractivity contribution in [2.75, 3.05) is 0 Å². The molecule has 0 heterocycles. The topological polar surface area (TPSA) is 66.4 Å². The molecule has 0 aliphatic rings. The summed E-state index contributed by atoms with van der Waals surface area (Å²) < 4.78 is 40.1. The van der Waals surface area contributed by atoms with Gasteiger partial charge in [0.2, 0.25) is 0 Å².